The number of carbonyl (C=O) groups excluding carboxylic acids is 1. The molecule has 0 aromatic heterocycles. The number of esters is 1. The van der Waals surface area contributed by atoms with Crippen LogP contribution in [-0.2, 0) is 16.0 Å². The molecule has 0 fully saturated rings. The fraction of sp³-hybridized carbons (Fsp3) is 0.158. The first-order valence-corrected chi connectivity index (χ1v) is 7.43. The molecule has 0 spiro atoms. The molecule has 4 heteroatoms. The molecular weight excluding hydrogens is 293 g/mol. The van der Waals surface area contributed by atoms with E-state index >= 15 is 0 Å². The Morgan fingerprint density at radius 2 is 1.83 bits per heavy atom. The van der Waals surface area contributed by atoms with E-state index in [1.165, 1.54) is 12.1 Å². The van der Waals surface area contributed by atoms with E-state index in [0.717, 1.165) is 16.7 Å². The number of carbonyl (C=O) groups is 1. The summed E-state index contributed by atoms with van der Waals surface area (Å²) in [6.45, 7) is 1.98. The van der Waals surface area contributed by atoms with Crippen molar-refractivity contribution < 1.29 is 13.9 Å². The molecular formula is C19H16FNO2. The summed E-state index contributed by atoms with van der Waals surface area (Å²) in [4.78, 5) is 16.2. The second kappa shape index (κ2) is 6.57. The van der Waals surface area contributed by atoms with Gasteiger partial charge in [-0.15, -0.1) is 0 Å². The van der Waals surface area contributed by atoms with Crippen molar-refractivity contribution in [3.63, 3.8) is 0 Å². The van der Waals surface area contributed by atoms with Gasteiger partial charge in [-0.3, -0.25) is 0 Å². The van der Waals surface area contributed by atoms with Crippen LogP contribution < -0.4 is 0 Å². The Morgan fingerprint density at radius 3 is 2.57 bits per heavy atom. The van der Waals surface area contributed by atoms with Gasteiger partial charge in [0.2, 0.25) is 0 Å². The minimum atomic E-state index is -0.428. The number of aryl methyl sites for hydroxylation is 2. The van der Waals surface area contributed by atoms with Crippen molar-refractivity contribution in [3.8, 4) is 0 Å². The van der Waals surface area contributed by atoms with Crippen LogP contribution in [0.25, 0.3) is 6.08 Å². The second-order valence-corrected chi connectivity index (χ2v) is 5.41. The van der Waals surface area contributed by atoms with Crippen molar-refractivity contribution in [3.05, 3.63) is 76.7 Å². The lowest BCUT2D eigenvalue weighted by molar-refractivity contribution is -0.130. The number of cyclic esters (lactones) is 1. The summed E-state index contributed by atoms with van der Waals surface area (Å²) in [5, 5.41) is 0. The number of hydrogen-bond donors (Lipinski definition) is 0. The third-order valence-corrected chi connectivity index (χ3v) is 3.69. The van der Waals surface area contributed by atoms with Crippen molar-refractivity contribution in [2.75, 3.05) is 0 Å². The molecule has 0 unspecified atom stereocenters. The van der Waals surface area contributed by atoms with E-state index in [-0.39, 0.29) is 5.82 Å². The molecule has 1 aliphatic heterocycles. The van der Waals surface area contributed by atoms with E-state index in [9.17, 15) is 9.18 Å². The lowest BCUT2D eigenvalue weighted by Gasteiger charge is -2.00. The Kier molecular flexibility index (Phi) is 4.33. The lowest BCUT2D eigenvalue weighted by atomic mass is 10.1. The zero-order chi connectivity index (χ0) is 16.2. The Bertz CT molecular complexity index is 791. The van der Waals surface area contributed by atoms with Crippen molar-refractivity contribution in [1.29, 1.82) is 0 Å². The molecule has 1 heterocycles. The summed E-state index contributed by atoms with van der Waals surface area (Å²) < 4.78 is 18.1. The highest BCUT2D eigenvalue weighted by Gasteiger charge is 2.22. The molecule has 2 aromatic carbocycles. The van der Waals surface area contributed by atoms with Gasteiger partial charge in [-0.05, 0) is 48.2 Å². The lowest BCUT2D eigenvalue weighted by Crippen LogP contribution is -2.05. The maximum Gasteiger partial charge on any atom is 0.363 e. The number of benzene rings is 2. The summed E-state index contributed by atoms with van der Waals surface area (Å²) >= 11 is 0. The number of nitrogens with zero attached hydrogens (tertiary/aromatic N) is 1. The van der Waals surface area contributed by atoms with Gasteiger partial charge >= 0.3 is 5.97 Å². The monoisotopic (exact) mass is 309 g/mol. The van der Waals surface area contributed by atoms with Gasteiger partial charge in [0.1, 0.15) is 5.82 Å². The van der Waals surface area contributed by atoms with E-state index in [1.54, 1.807) is 18.2 Å². The van der Waals surface area contributed by atoms with Gasteiger partial charge in [0.05, 0.1) is 0 Å². The molecule has 3 nitrogen and oxygen atoms in total. The van der Waals surface area contributed by atoms with Crippen LogP contribution in [0.5, 0.6) is 0 Å². The maximum absolute atomic E-state index is 12.9. The molecule has 0 bridgehead atoms. The minimum absolute atomic E-state index is 0.262. The Balaban J connectivity index is 1.71. The molecule has 3 rings (SSSR count). The molecule has 0 aliphatic carbocycles. The highest BCUT2D eigenvalue weighted by molar-refractivity contribution is 6.07. The number of hydrogen-bond acceptors (Lipinski definition) is 3. The quantitative estimate of drug-likeness (QED) is 0.631. The molecule has 1 aliphatic rings. The van der Waals surface area contributed by atoms with E-state index in [2.05, 4.69) is 4.99 Å². The van der Waals surface area contributed by atoms with E-state index < -0.39 is 5.97 Å². The van der Waals surface area contributed by atoms with Gasteiger partial charge in [0.25, 0.3) is 0 Å². The molecule has 0 atom stereocenters. The predicted molar refractivity (Wildman–Crippen MR) is 87.4 cm³/mol. The van der Waals surface area contributed by atoms with Crippen molar-refractivity contribution >= 4 is 17.9 Å². The molecule has 0 saturated carbocycles. The maximum atomic E-state index is 12.9. The molecule has 0 radical (unpaired) electrons. The Morgan fingerprint density at radius 1 is 1.09 bits per heavy atom. The van der Waals surface area contributed by atoms with E-state index in [4.69, 9.17) is 4.74 Å². The SMILES string of the molecule is Cc1ccccc1/C=C1\N=C(CCc2ccc(F)cc2)OC1=O. The van der Waals surface area contributed by atoms with E-state index in [1.807, 2.05) is 31.2 Å². The minimum Gasteiger partial charge on any atom is -0.407 e. The third-order valence-electron chi connectivity index (χ3n) is 3.69. The van der Waals surface area contributed by atoms with Crippen LogP contribution in [0.1, 0.15) is 23.1 Å². The molecule has 0 amide bonds. The first-order valence-electron chi connectivity index (χ1n) is 7.43. The average molecular weight is 309 g/mol. The highest BCUT2D eigenvalue weighted by atomic mass is 19.1. The normalized spacial score (nSPS) is 15.7. The average Bonchev–Trinajstić information content (AvgIpc) is 2.89. The van der Waals surface area contributed by atoms with Crippen LogP contribution in [0, 0.1) is 12.7 Å². The zero-order valence-electron chi connectivity index (χ0n) is 12.8. The molecule has 116 valence electrons. The number of aliphatic imine (C=N–C) groups is 1. The van der Waals surface area contributed by atoms with Crippen LogP contribution in [0.3, 0.4) is 0 Å². The number of rotatable bonds is 4. The van der Waals surface area contributed by atoms with Gasteiger partial charge < -0.3 is 4.74 Å². The number of ether oxygens (including phenoxy) is 1. The second-order valence-electron chi connectivity index (χ2n) is 5.41. The largest absolute Gasteiger partial charge is 0.407 e. The topological polar surface area (TPSA) is 38.7 Å². The molecule has 0 saturated heterocycles. The molecule has 2 aromatic rings. The van der Waals surface area contributed by atoms with Gasteiger partial charge in [-0.1, -0.05) is 36.4 Å². The smallest absolute Gasteiger partial charge is 0.363 e. The summed E-state index contributed by atoms with van der Waals surface area (Å²) in [5.41, 5.74) is 3.31. The zero-order valence-corrected chi connectivity index (χ0v) is 12.8. The van der Waals surface area contributed by atoms with E-state index in [0.29, 0.717) is 24.4 Å². The number of halogens is 1. The third kappa shape index (κ3) is 3.72. The fourth-order valence-electron chi connectivity index (χ4n) is 2.36. The van der Waals surface area contributed by atoms with Crippen molar-refractivity contribution in [2.24, 2.45) is 4.99 Å². The first kappa shape index (κ1) is 15.2. The summed E-state index contributed by atoms with van der Waals surface area (Å²) in [7, 11) is 0. The van der Waals surface area contributed by atoms with Crippen LogP contribution in [0.15, 0.2) is 59.2 Å². The van der Waals surface area contributed by atoms with Gasteiger partial charge in [0, 0.05) is 6.42 Å². The summed E-state index contributed by atoms with van der Waals surface area (Å²) in [6, 6.07) is 14.0. The first-order chi connectivity index (χ1) is 11.1. The standard InChI is InChI=1S/C19H16FNO2/c1-13-4-2-3-5-15(13)12-17-19(22)23-18(21-17)11-8-14-6-9-16(20)10-7-14/h2-7,9-10,12H,8,11H2,1H3/b17-12-. The predicted octanol–water partition coefficient (Wildman–Crippen LogP) is 4.06. The highest BCUT2D eigenvalue weighted by Crippen LogP contribution is 2.19. The molecule has 23 heavy (non-hydrogen) atoms. The fourth-order valence-corrected chi connectivity index (χ4v) is 2.36. The van der Waals surface area contributed by atoms with Gasteiger partial charge in [-0.25, -0.2) is 14.2 Å². The van der Waals surface area contributed by atoms with Gasteiger partial charge in [-0.2, -0.15) is 0 Å². The van der Waals surface area contributed by atoms with Crippen LogP contribution >= 0.6 is 0 Å². The van der Waals surface area contributed by atoms with Crippen LogP contribution in [0.4, 0.5) is 4.39 Å². The van der Waals surface area contributed by atoms with Crippen LogP contribution in [-0.4, -0.2) is 11.9 Å². The Labute approximate surface area is 134 Å². The van der Waals surface area contributed by atoms with Gasteiger partial charge in [0.15, 0.2) is 11.6 Å². The molecule has 0 N–H and O–H groups in total. The van der Waals surface area contributed by atoms with Crippen LogP contribution in [0.2, 0.25) is 0 Å². The Hall–Kier alpha value is -2.75. The summed E-state index contributed by atoms with van der Waals surface area (Å²) in [5.74, 6) is -0.289. The summed E-state index contributed by atoms with van der Waals surface area (Å²) in [6.07, 6.45) is 2.88. The van der Waals surface area contributed by atoms with Crippen molar-refractivity contribution in [2.45, 2.75) is 19.8 Å². The van der Waals surface area contributed by atoms with Crippen molar-refractivity contribution in [1.82, 2.24) is 0 Å².